The Kier molecular flexibility index (Phi) is 6.06. The van der Waals surface area contributed by atoms with E-state index in [0.717, 1.165) is 25.7 Å². The monoisotopic (exact) mass is 355 g/mol. The Bertz CT molecular complexity index is 683. The number of anilines is 2. The number of benzene rings is 1. The van der Waals surface area contributed by atoms with Crippen LogP contribution >= 0.6 is 0 Å². The predicted molar refractivity (Wildman–Crippen MR) is 94.4 cm³/mol. The quantitative estimate of drug-likeness (QED) is 0.673. The van der Waals surface area contributed by atoms with Crippen LogP contribution in [-0.4, -0.2) is 33.2 Å². The first-order chi connectivity index (χ1) is 11.3. The maximum Gasteiger partial charge on any atom is 0.240 e. The average Bonchev–Trinajstić information content (AvgIpc) is 2.49. The summed E-state index contributed by atoms with van der Waals surface area (Å²) in [5.41, 5.74) is 6.56. The maximum absolute atomic E-state index is 12.1. The standard InChI is InChI=1S/C16H25N3O4S/c1-11-3-5-12(6-4-11)19-24(21,22)10-16(20)18-13-7-8-15(23-2)14(17)9-13/h7-9,11-12,19H,3-6,10,17H2,1-2H3,(H,18,20). The van der Waals surface area contributed by atoms with Crippen LogP contribution in [0.3, 0.4) is 0 Å². The molecule has 0 radical (unpaired) electrons. The van der Waals surface area contributed by atoms with Crippen molar-refractivity contribution in [3.63, 3.8) is 0 Å². The fourth-order valence-electron chi connectivity index (χ4n) is 2.86. The molecule has 1 saturated carbocycles. The lowest BCUT2D eigenvalue weighted by Gasteiger charge is -2.26. The van der Waals surface area contributed by atoms with Gasteiger partial charge in [0.05, 0.1) is 12.8 Å². The van der Waals surface area contributed by atoms with Gasteiger partial charge in [-0.05, 0) is 49.8 Å². The van der Waals surface area contributed by atoms with Gasteiger partial charge in [0.2, 0.25) is 15.9 Å². The third-order valence-electron chi connectivity index (χ3n) is 4.20. The van der Waals surface area contributed by atoms with E-state index in [1.54, 1.807) is 12.1 Å². The lowest BCUT2D eigenvalue weighted by atomic mass is 9.88. The molecule has 0 atom stereocenters. The van der Waals surface area contributed by atoms with Gasteiger partial charge in [0.1, 0.15) is 11.5 Å². The van der Waals surface area contributed by atoms with Crippen molar-refractivity contribution in [1.82, 2.24) is 4.72 Å². The van der Waals surface area contributed by atoms with Gasteiger partial charge in [0, 0.05) is 11.7 Å². The van der Waals surface area contributed by atoms with Crippen molar-refractivity contribution in [2.75, 3.05) is 23.9 Å². The van der Waals surface area contributed by atoms with E-state index in [0.29, 0.717) is 23.0 Å². The van der Waals surface area contributed by atoms with Crippen LogP contribution in [0.2, 0.25) is 0 Å². The highest BCUT2D eigenvalue weighted by molar-refractivity contribution is 7.90. The number of ether oxygens (including phenoxy) is 1. The van der Waals surface area contributed by atoms with Gasteiger partial charge < -0.3 is 15.8 Å². The van der Waals surface area contributed by atoms with E-state index in [4.69, 9.17) is 10.5 Å². The van der Waals surface area contributed by atoms with Crippen LogP contribution in [0.1, 0.15) is 32.6 Å². The number of methoxy groups -OCH3 is 1. The SMILES string of the molecule is COc1ccc(NC(=O)CS(=O)(=O)NC2CCC(C)CC2)cc1N. The number of sulfonamides is 1. The van der Waals surface area contributed by atoms with Crippen LogP contribution < -0.4 is 20.5 Å². The molecule has 0 bridgehead atoms. The van der Waals surface area contributed by atoms with E-state index in [9.17, 15) is 13.2 Å². The summed E-state index contributed by atoms with van der Waals surface area (Å²) in [7, 11) is -2.16. The molecule has 0 aromatic heterocycles. The maximum atomic E-state index is 12.1. The summed E-state index contributed by atoms with van der Waals surface area (Å²) >= 11 is 0. The molecule has 1 aliphatic carbocycles. The number of nitrogen functional groups attached to an aromatic ring is 1. The minimum absolute atomic E-state index is 0.0735. The second-order valence-electron chi connectivity index (χ2n) is 6.34. The van der Waals surface area contributed by atoms with E-state index in [-0.39, 0.29) is 6.04 Å². The summed E-state index contributed by atoms with van der Waals surface area (Å²) in [4.78, 5) is 12.0. The number of hydrogen-bond donors (Lipinski definition) is 3. The molecule has 1 amide bonds. The molecule has 134 valence electrons. The number of hydrogen-bond acceptors (Lipinski definition) is 5. The van der Waals surface area contributed by atoms with Crippen molar-refractivity contribution in [3.05, 3.63) is 18.2 Å². The number of carbonyl (C=O) groups excluding carboxylic acids is 1. The number of carbonyl (C=O) groups is 1. The summed E-state index contributed by atoms with van der Waals surface area (Å²) < 4.78 is 31.9. The van der Waals surface area contributed by atoms with Crippen LogP contribution in [0.25, 0.3) is 0 Å². The zero-order valence-electron chi connectivity index (χ0n) is 14.0. The lowest BCUT2D eigenvalue weighted by Crippen LogP contribution is -2.41. The molecule has 0 aliphatic heterocycles. The van der Waals surface area contributed by atoms with Crippen molar-refractivity contribution in [2.45, 2.75) is 38.6 Å². The Hall–Kier alpha value is -1.80. The van der Waals surface area contributed by atoms with Crippen LogP contribution in [0, 0.1) is 5.92 Å². The van der Waals surface area contributed by atoms with Crippen LogP contribution in [-0.2, 0) is 14.8 Å². The smallest absolute Gasteiger partial charge is 0.240 e. The van der Waals surface area contributed by atoms with Crippen molar-refractivity contribution in [1.29, 1.82) is 0 Å². The molecule has 7 nitrogen and oxygen atoms in total. The normalized spacial score (nSPS) is 21.2. The molecule has 0 unspecified atom stereocenters. The van der Waals surface area contributed by atoms with Gasteiger partial charge in [-0.15, -0.1) is 0 Å². The Morgan fingerprint density at radius 1 is 1.29 bits per heavy atom. The minimum Gasteiger partial charge on any atom is -0.495 e. The van der Waals surface area contributed by atoms with Gasteiger partial charge in [0.25, 0.3) is 0 Å². The molecule has 0 saturated heterocycles. The Morgan fingerprint density at radius 2 is 1.96 bits per heavy atom. The van der Waals surface area contributed by atoms with Crippen LogP contribution in [0.5, 0.6) is 5.75 Å². The van der Waals surface area contributed by atoms with Gasteiger partial charge in [-0.2, -0.15) is 0 Å². The molecule has 24 heavy (non-hydrogen) atoms. The second-order valence-corrected chi connectivity index (χ2v) is 8.09. The van der Waals surface area contributed by atoms with E-state index in [2.05, 4.69) is 17.0 Å². The average molecular weight is 355 g/mol. The molecular weight excluding hydrogens is 330 g/mol. The number of rotatable bonds is 6. The Morgan fingerprint density at radius 3 is 2.54 bits per heavy atom. The number of amides is 1. The van der Waals surface area contributed by atoms with E-state index >= 15 is 0 Å². The zero-order chi connectivity index (χ0) is 17.7. The topological polar surface area (TPSA) is 111 Å². The zero-order valence-corrected chi connectivity index (χ0v) is 14.9. The first-order valence-corrected chi connectivity index (χ1v) is 9.67. The molecule has 8 heteroatoms. The van der Waals surface area contributed by atoms with Crippen molar-refractivity contribution in [3.8, 4) is 5.75 Å². The highest BCUT2D eigenvalue weighted by atomic mass is 32.2. The largest absolute Gasteiger partial charge is 0.495 e. The number of nitrogens with one attached hydrogen (secondary N) is 2. The van der Waals surface area contributed by atoms with Crippen molar-refractivity contribution in [2.24, 2.45) is 5.92 Å². The Balaban J connectivity index is 1.89. The fraction of sp³-hybridized carbons (Fsp3) is 0.562. The highest BCUT2D eigenvalue weighted by Gasteiger charge is 2.24. The van der Waals surface area contributed by atoms with Crippen molar-refractivity contribution < 1.29 is 17.9 Å². The first kappa shape index (κ1) is 18.5. The van der Waals surface area contributed by atoms with Crippen LogP contribution in [0.4, 0.5) is 11.4 Å². The van der Waals surface area contributed by atoms with Gasteiger partial charge in [0.15, 0.2) is 0 Å². The van der Waals surface area contributed by atoms with E-state index in [1.165, 1.54) is 13.2 Å². The molecule has 4 N–H and O–H groups in total. The lowest BCUT2D eigenvalue weighted by molar-refractivity contribution is -0.113. The van der Waals surface area contributed by atoms with Gasteiger partial charge >= 0.3 is 0 Å². The molecule has 2 rings (SSSR count). The van der Waals surface area contributed by atoms with E-state index in [1.807, 2.05) is 0 Å². The van der Waals surface area contributed by atoms with Gasteiger partial charge in [-0.1, -0.05) is 6.92 Å². The Labute approximate surface area is 143 Å². The second kappa shape index (κ2) is 7.85. The predicted octanol–water partition coefficient (Wildman–Crippen LogP) is 1.71. The molecule has 0 heterocycles. The molecule has 1 fully saturated rings. The van der Waals surface area contributed by atoms with Crippen LogP contribution in [0.15, 0.2) is 18.2 Å². The third kappa shape index (κ3) is 5.38. The summed E-state index contributed by atoms with van der Waals surface area (Å²) in [5.74, 6) is -0.0787. The number of nitrogens with two attached hydrogens (primary N) is 1. The van der Waals surface area contributed by atoms with Gasteiger partial charge in [-0.25, -0.2) is 13.1 Å². The van der Waals surface area contributed by atoms with Gasteiger partial charge in [-0.3, -0.25) is 4.79 Å². The third-order valence-corrected chi connectivity index (χ3v) is 5.53. The highest BCUT2D eigenvalue weighted by Crippen LogP contribution is 2.25. The summed E-state index contributed by atoms with van der Waals surface area (Å²) in [6.45, 7) is 2.17. The first-order valence-electron chi connectivity index (χ1n) is 8.02. The van der Waals surface area contributed by atoms with Crippen molar-refractivity contribution >= 4 is 27.3 Å². The summed E-state index contributed by atoms with van der Waals surface area (Å²) in [6.07, 6.45) is 3.64. The molecule has 0 spiro atoms. The molecular formula is C16H25N3O4S. The fourth-order valence-corrected chi connectivity index (χ4v) is 4.10. The molecule has 1 aromatic carbocycles. The minimum atomic E-state index is -3.66. The molecule has 1 aromatic rings. The van der Waals surface area contributed by atoms with E-state index < -0.39 is 21.7 Å². The molecule has 1 aliphatic rings. The summed E-state index contributed by atoms with van der Waals surface area (Å²) in [5, 5.41) is 2.54. The summed E-state index contributed by atoms with van der Waals surface area (Å²) in [6, 6.07) is 4.67.